The van der Waals surface area contributed by atoms with Crippen molar-refractivity contribution in [3.8, 4) is 11.3 Å². The molecular formula is C13H13BrN4. The minimum atomic E-state index is 0.505. The van der Waals surface area contributed by atoms with Crippen molar-refractivity contribution in [2.24, 2.45) is 0 Å². The van der Waals surface area contributed by atoms with Crippen molar-refractivity contribution >= 4 is 21.9 Å². The molecule has 0 saturated carbocycles. The van der Waals surface area contributed by atoms with Crippen LogP contribution in [0.2, 0.25) is 0 Å². The lowest BCUT2D eigenvalue weighted by molar-refractivity contribution is 0.584. The molecule has 92 valence electrons. The standard InChI is InChI=1S/C13H13BrN4/c14-10-4-2-9(3-5-10)11-8-12(15)18-7-1-6-16-13(18)17-11/h2-5,8,15H,1,6-7H2,(H,16,17). The van der Waals surface area contributed by atoms with E-state index in [1.807, 2.05) is 34.9 Å². The Kier molecular flexibility index (Phi) is 2.91. The Balaban J connectivity index is 2.11. The van der Waals surface area contributed by atoms with Gasteiger partial charge in [0.1, 0.15) is 5.49 Å². The molecule has 2 N–H and O–H groups in total. The molecule has 0 unspecified atom stereocenters. The fourth-order valence-corrected chi connectivity index (χ4v) is 2.36. The second kappa shape index (κ2) is 4.57. The molecule has 3 rings (SSSR count). The van der Waals surface area contributed by atoms with E-state index in [9.17, 15) is 0 Å². The first-order chi connectivity index (χ1) is 8.74. The van der Waals surface area contributed by atoms with Crippen molar-refractivity contribution in [3.63, 3.8) is 0 Å². The molecule has 0 radical (unpaired) electrons. The quantitative estimate of drug-likeness (QED) is 0.851. The van der Waals surface area contributed by atoms with Crippen LogP contribution in [0.25, 0.3) is 11.3 Å². The van der Waals surface area contributed by atoms with Gasteiger partial charge in [-0.2, -0.15) is 0 Å². The van der Waals surface area contributed by atoms with E-state index in [-0.39, 0.29) is 0 Å². The van der Waals surface area contributed by atoms with Crippen LogP contribution in [0.1, 0.15) is 6.42 Å². The fraction of sp³-hybridized carbons (Fsp3) is 0.231. The molecule has 0 saturated heterocycles. The number of anilines is 1. The van der Waals surface area contributed by atoms with Gasteiger partial charge in [0, 0.05) is 29.2 Å². The van der Waals surface area contributed by atoms with Gasteiger partial charge >= 0.3 is 0 Å². The molecule has 0 bridgehead atoms. The van der Waals surface area contributed by atoms with Crippen LogP contribution in [-0.4, -0.2) is 16.1 Å². The van der Waals surface area contributed by atoms with E-state index >= 15 is 0 Å². The zero-order valence-electron chi connectivity index (χ0n) is 9.78. The largest absolute Gasteiger partial charge is 0.356 e. The van der Waals surface area contributed by atoms with Gasteiger partial charge in [0.25, 0.3) is 0 Å². The van der Waals surface area contributed by atoms with Gasteiger partial charge in [0.2, 0.25) is 5.95 Å². The number of rotatable bonds is 1. The maximum absolute atomic E-state index is 8.05. The number of nitrogens with one attached hydrogen (secondary N) is 2. The molecule has 0 fully saturated rings. The molecule has 18 heavy (non-hydrogen) atoms. The van der Waals surface area contributed by atoms with Crippen molar-refractivity contribution in [2.45, 2.75) is 13.0 Å². The minimum Gasteiger partial charge on any atom is -0.356 e. The van der Waals surface area contributed by atoms with Crippen molar-refractivity contribution in [2.75, 3.05) is 11.9 Å². The summed E-state index contributed by atoms with van der Waals surface area (Å²) < 4.78 is 2.95. The monoisotopic (exact) mass is 304 g/mol. The van der Waals surface area contributed by atoms with Crippen LogP contribution in [-0.2, 0) is 6.54 Å². The molecule has 0 atom stereocenters. The highest BCUT2D eigenvalue weighted by molar-refractivity contribution is 9.10. The van der Waals surface area contributed by atoms with Crippen molar-refractivity contribution in [3.05, 3.63) is 40.3 Å². The van der Waals surface area contributed by atoms with E-state index in [1.165, 1.54) is 0 Å². The third-order valence-corrected chi connectivity index (χ3v) is 3.56. The number of benzene rings is 1. The zero-order valence-corrected chi connectivity index (χ0v) is 11.4. The number of hydrogen-bond acceptors (Lipinski definition) is 3. The lowest BCUT2D eigenvalue weighted by Crippen LogP contribution is -2.30. The minimum absolute atomic E-state index is 0.505. The lowest BCUT2D eigenvalue weighted by atomic mass is 10.1. The first-order valence-corrected chi connectivity index (χ1v) is 6.69. The van der Waals surface area contributed by atoms with E-state index < -0.39 is 0 Å². The highest BCUT2D eigenvalue weighted by atomic mass is 79.9. The van der Waals surface area contributed by atoms with Gasteiger partial charge in [-0.3, -0.25) is 9.98 Å². The molecule has 4 nitrogen and oxygen atoms in total. The molecule has 5 heteroatoms. The summed E-state index contributed by atoms with van der Waals surface area (Å²) >= 11 is 3.42. The second-order valence-electron chi connectivity index (χ2n) is 4.29. The van der Waals surface area contributed by atoms with Crippen molar-refractivity contribution < 1.29 is 0 Å². The van der Waals surface area contributed by atoms with Crippen LogP contribution in [0.5, 0.6) is 0 Å². The Bertz CT molecular complexity index is 630. The second-order valence-corrected chi connectivity index (χ2v) is 5.20. The summed E-state index contributed by atoms with van der Waals surface area (Å²) in [6.45, 7) is 1.80. The van der Waals surface area contributed by atoms with Crippen LogP contribution in [0.3, 0.4) is 0 Å². The normalized spacial score (nSPS) is 13.8. The number of halogens is 1. The average Bonchev–Trinajstić information content (AvgIpc) is 2.39. The zero-order chi connectivity index (χ0) is 12.5. The van der Waals surface area contributed by atoms with Crippen LogP contribution < -0.4 is 10.8 Å². The third-order valence-electron chi connectivity index (χ3n) is 3.03. The smallest absolute Gasteiger partial charge is 0.204 e. The molecule has 1 aliphatic rings. The predicted octanol–water partition coefficient (Wildman–Crippen LogP) is 2.61. The van der Waals surface area contributed by atoms with E-state index in [0.29, 0.717) is 5.49 Å². The van der Waals surface area contributed by atoms with E-state index in [4.69, 9.17) is 5.41 Å². The molecule has 0 spiro atoms. The van der Waals surface area contributed by atoms with Gasteiger partial charge in [-0.25, -0.2) is 4.98 Å². The Hall–Kier alpha value is -1.62. The van der Waals surface area contributed by atoms with E-state index in [0.717, 1.165) is 41.2 Å². The molecule has 0 aliphatic carbocycles. The Morgan fingerprint density at radius 3 is 2.83 bits per heavy atom. The van der Waals surface area contributed by atoms with Gasteiger partial charge < -0.3 is 5.32 Å². The highest BCUT2D eigenvalue weighted by Gasteiger charge is 2.11. The summed E-state index contributed by atoms with van der Waals surface area (Å²) in [5.41, 5.74) is 2.38. The number of nitrogens with zero attached hydrogens (tertiary/aromatic N) is 2. The molecule has 2 aromatic rings. The number of aromatic nitrogens is 2. The molecule has 2 heterocycles. The topological polar surface area (TPSA) is 53.7 Å². The SMILES string of the molecule is N=c1cc(-c2ccc(Br)cc2)nc2n1CCCN2. The first kappa shape index (κ1) is 11.5. The summed E-state index contributed by atoms with van der Waals surface area (Å²) in [6.07, 6.45) is 1.04. The Morgan fingerprint density at radius 2 is 2.06 bits per heavy atom. The number of fused-ring (bicyclic) bond motifs is 1. The van der Waals surface area contributed by atoms with Gasteiger partial charge in [-0.05, 0) is 18.6 Å². The van der Waals surface area contributed by atoms with Crippen LogP contribution >= 0.6 is 15.9 Å². The summed E-state index contributed by atoms with van der Waals surface area (Å²) in [5, 5.41) is 11.3. The van der Waals surface area contributed by atoms with Crippen LogP contribution in [0.4, 0.5) is 5.95 Å². The third kappa shape index (κ3) is 2.06. The summed E-state index contributed by atoms with van der Waals surface area (Å²) in [7, 11) is 0. The highest BCUT2D eigenvalue weighted by Crippen LogP contribution is 2.20. The van der Waals surface area contributed by atoms with Crippen molar-refractivity contribution in [1.82, 2.24) is 9.55 Å². The molecule has 0 amide bonds. The van der Waals surface area contributed by atoms with Crippen molar-refractivity contribution in [1.29, 1.82) is 5.41 Å². The molecule has 1 aliphatic heterocycles. The predicted molar refractivity (Wildman–Crippen MR) is 74.3 cm³/mol. The van der Waals surface area contributed by atoms with Gasteiger partial charge in [-0.15, -0.1) is 0 Å². The Labute approximate surface area is 113 Å². The maximum Gasteiger partial charge on any atom is 0.204 e. The van der Waals surface area contributed by atoms with Gasteiger partial charge in [0.15, 0.2) is 0 Å². The fourth-order valence-electron chi connectivity index (χ4n) is 2.10. The Morgan fingerprint density at radius 1 is 1.28 bits per heavy atom. The maximum atomic E-state index is 8.05. The summed E-state index contributed by atoms with van der Waals surface area (Å²) in [6, 6.07) is 9.80. The lowest BCUT2D eigenvalue weighted by Gasteiger charge is -2.20. The molecule has 1 aromatic heterocycles. The molecular weight excluding hydrogens is 292 g/mol. The number of hydrogen-bond donors (Lipinski definition) is 2. The first-order valence-electron chi connectivity index (χ1n) is 5.90. The van der Waals surface area contributed by atoms with Crippen LogP contribution in [0, 0.1) is 5.41 Å². The van der Waals surface area contributed by atoms with E-state index in [2.05, 4.69) is 26.2 Å². The van der Waals surface area contributed by atoms with Gasteiger partial charge in [0.05, 0.1) is 5.69 Å². The summed E-state index contributed by atoms with van der Waals surface area (Å²) in [4.78, 5) is 4.59. The van der Waals surface area contributed by atoms with E-state index in [1.54, 1.807) is 0 Å². The van der Waals surface area contributed by atoms with Crippen LogP contribution in [0.15, 0.2) is 34.8 Å². The average molecular weight is 305 g/mol. The summed E-state index contributed by atoms with van der Waals surface area (Å²) in [5.74, 6) is 0.798. The van der Waals surface area contributed by atoms with Gasteiger partial charge in [-0.1, -0.05) is 28.1 Å². The molecule has 1 aromatic carbocycles.